The molecule has 1 heterocycles. The summed E-state index contributed by atoms with van der Waals surface area (Å²) in [6.45, 7) is 8.71. The molecule has 92 valence electrons. The maximum absolute atomic E-state index is 12.0. The number of piperidine rings is 1. The Bertz CT molecular complexity index is 285. The summed E-state index contributed by atoms with van der Waals surface area (Å²) in [4.78, 5) is 23.7. The zero-order valence-corrected chi connectivity index (χ0v) is 10.6. The minimum Gasteiger partial charge on any atom is -0.454 e. The lowest BCUT2D eigenvalue weighted by Crippen LogP contribution is -2.44. The number of carbonyl (C=O) groups is 2. The zero-order valence-electron chi connectivity index (χ0n) is 10.6. The fourth-order valence-corrected chi connectivity index (χ4v) is 1.78. The Labute approximate surface area is 96.7 Å². The molecule has 0 aromatic rings. The van der Waals surface area contributed by atoms with Crippen molar-refractivity contribution in [2.75, 3.05) is 13.1 Å². The Morgan fingerprint density at radius 2 is 1.69 bits per heavy atom. The highest BCUT2D eigenvalue weighted by Gasteiger charge is 2.40. The number of ketones is 1. The summed E-state index contributed by atoms with van der Waals surface area (Å²) in [5.41, 5.74) is -1.15. The molecule has 0 aliphatic carbocycles. The molecule has 0 spiro atoms. The van der Waals surface area contributed by atoms with Crippen LogP contribution in [0.15, 0.2) is 0 Å². The molecule has 0 aromatic carbocycles. The minimum absolute atomic E-state index is 0.385. The monoisotopic (exact) mass is 227 g/mol. The summed E-state index contributed by atoms with van der Waals surface area (Å²) < 4.78 is 5.11. The highest BCUT2D eigenvalue weighted by molar-refractivity contribution is 6.35. The highest BCUT2D eigenvalue weighted by atomic mass is 16.6. The minimum atomic E-state index is -0.697. The van der Waals surface area contributed by atoms with Crippen molar-refractivity contribution in [2.24, 2.45) is 5.41 Å². The average molecular weight is 227 g/mol. The molecule has 0 amide bonds. The van der Waals surface area contributed by atoms with Crippen LogP contribution in [0.25, 0.3) is 0 Å². The van der Waals surface area contributed by atoms with Crippen LogP contribution in [-0.4, -0.2) is 30.4 Å². The quantitative estimate of drug-likeness (QED) is 0.570. The molecule has 0 aromatic heterocycles. The number of Topliss-reactive ketones (excluding diaryl/α,β-unsaturated/α-hetero) is 1. The van der Waals surface area contributed by atoms with Crippen molar-refractivity contribution >= 4 is 11.8 Å². The zero-order chi connectivity index (χ0) is 12.4. The number of hydrogen-bond acceptors (Lipinski definition) is 4. The van der Waals surface area contributed by atoms with Crippen molar-refractivity contribution in [1.82, 2.24) is 5.32 Å². The van der Waals surface area contributed by atoms with Crippen LogP contribution in [0.5, 0.6) is 0 Å². The lowest BCUT2D eigenvalue weighted by atomic mass is 9.77. The fraction of sp³-hybridized carbons (Fsp3) is 0.833. The van der Waals surface area contributed by atoms with Gasteiger partial charge in [-0.25, -0.2) is 4.79 Å². The van der Waals surface area contributed by atoms with Gasteiger partial charge in [0.25, 0.3) is 0 Å². The van der Waals surface area contributed by atoms with Crippen LogP contribution >= 0.6 is 0 Å². The van der Waals surface area contributed by atoms with Crippen LogP contribution in [0.1, 0.15) is 40.5 Å². The molecule has 1 fully saturated rings. The van der Waals surface area contributed by atoms with Gasteiger partial charge in [0.05, 0.1) is 0 Å². The molecule has 0 unspecified atom stereocenters. The molecule has 4 heteroatoms. The average Bonchev–Trinajstić information content (AvgIpc) is 2.15. The molecule has 0 atom stereocenters. The Kier molecular flexibility index (Phi) is 3.73. The number of nitrogens with one attached hydrogen (secondary N) is 1. The summed E-state index contributed by atoms with van der Waals surface area (Å²) in [5.74, 6) is -1.08. The van der Waals surface area contributed by atoms with Gasteiger partial charge in [-0.2, -0.15) is 0 Å². The Morgan fingerprint density at radius 3 is 2.12 bits per heavy atom. The molecule has 0 saturated carbocycles. The van der Waals surface area contributed by atoms with E-state index in [0.717, 1.165) is 13.1 Å². The smallest absolute Gasteiger partial charge is 0.375 e. The lowest BCUT2D eigenvalue weighted by Gasteiger charge is -2.32. The van der Waals surface area contributed by atoms with Crippen LogP contribution in [0.2, 0.25) is 0 Å². The second-order valence-electron chi connectivity index (χ2n) is 5.64. The summed E-state index contributed by atoms with van der Waals surface area (Å²) in [7, 11) is 0. The Hall–Kier alpha value is -0.900. The van der Waals surface area contributed by atoms with Gasteiger partial charge in [0, 0.05) is 5.41 Å². The van der Waals surface area contributed by atoms with Gasteiger partial charge in [0.1, 0.15) is 5.60 Å². The molecule has 0 bridgehead atoms. The Morgan fingerprint density at radius 1 is 1.19 bits per heavy atom. The van der Waals surface area contributed by atoms with E-state index >= 15 is 0 Å². The second-order valence-corrected chi connectivity index (χ2v) is 5.64. The van der Waals surface area contributed by atoms with Crippen molar-refractivity contribution in [3.8, 4) is 0 Å². The number of rotatable bonds is 2. The van der Waals surface area contributed by atoms with E-state index in [0.29, 0.717) is 12.8 Å². The molecule has 1 aliphatic rings. The first-order valence-electron chi connectivity index (χ1n) is 5.73. The molecule has 1 saturated heterocycles. The van der Waals surface area contributed by atoms with Crippen LogP contribution in [0, 0.1) is 5.41 Å². The van der Waals surface area contributed by atoms with Crippen LogP contribution in [0.3, 0.4) is 0 Å². The lowest BCUT2D eigenvalue weighted by molar-refractivity contribution is -0.166. The van der Waals surface area contributed by atoms with Gasteiger partial charge >= 0.3 is 5.97 Å². The Balaban J connectivity index is 2.66. The van der Waals surface area contributed by atoms with Crippen LogP contribution < -0.4 is 5.32 Å². The van der Waals surface area contributed by atoms with E-state index in [1.807, 2.05) is 6.92 Å². The normalized spacial score (nSPS) is 20.2. The van der Waals surface area contributed by atoms with E-state index in [-0.39, 0.29) is 5.78 Å². The SMILES string of the molecule is CC(C)(C)OC(=O)C(=O)C1(C)CCNCC1. The molecule has 1 aliphatic heterocycles. The van der Waals surface area contributed by atoms with Gasteiger partial charge in [0.2, 0.25) is 5.78 Å². The molecule has 0 radical (unpaired) electrons. The van der Waals surface area contributed by atoms with Gasteiger partial charge in [-0.3, -0.25) is 4.79 Å². The van der Waals surface area contributed by atoms with E-state index in [9.17, 15) is 9.59 Å². The van der Waals surface area contributed by atoms with Gasteiger partial charge in [0.15, 0.2) is 0 Å². The van der Waals surface area contributed by atoms with Gasteiger partial charge in [-0.15, -0.1) is 0 Å². The standard InChI is InChI=1S/C12H21NO3/c1-11(2,3)16-10(15)9(14)12(4)5-7-13-8-6-12/h13H,5-8H2,1-4H3. The molecule has 1 N–H and O–H groups in total. The van der Waals surface area contributed by atoms with Gasteiger partial charge in [-0.1, -0.05) is 6.92 Å². The van der Waals surface area contributed by atoms with Crippen LogP contribution in [0.4, 0.5) is 0 Å². The number of hydrogen-bond donors (Lipinski definition) is 1. The predicted octanol–water partition coefficient (Wildman–Crippen LogP) is 1.29. The van der Waals surface area contributed by atoms with E-state index in [1.165, 1.54) is 0 Å². The molecule has 1 rings (SSSR count). The van der Waals surface area contributed by atoms with Gasteiger partial charge < -0.3 is 10.1 Å². The second kappa shape index (κ2) is 4.53. The first kappa shape index (κ1) is 13.2. The summed E-state index contributed by atoms with van der Waals surface area (Å²) in [6.07, 6.45) is 1.40. The third kappa shape index (κ3) is 3.30. The van der Waals surface area contributed by atoms with E-state index in [4.69, 9.17) is 4.74 Å². The van der Waals surface area contributed by atoms with E-state index in [1.54, 1.807) is 20.8 Å². The largest absolute Gasteiger partial charge is 0.454 e. The number of carbonyl (C=O) groups excluding carboxylic acids is 2. The maximum atomic E-state index is 12.0. The third-order valence-electron chi connectivity index (χ3n) is 2.84. The highest BCUT2D eigenvalue weighted by Crippen LogP contribution is 2.30. The van der Waals surface area contributed by atoms with Crippen molar-refractivity contribution in [3.05, 3.63) is 0 Å². The predicted molar refractivity (Wildman–Crippen MR) is 61.1 cm³/mol. The van der Waals surface area contributed by atoms with E-state index < -0.39 is 17.0 Å². The van der Waals surface area contributed by atoms with Crippen molar-refractivity contribution in [1.29, 1.82) is 0 Å². The molecular weight excluding hydrogens is 206 g/mol. The van der Waals surface area contributed by atoms with Crippen molar-refractivity contribution in [3.63, 3.8) is 0 Å². The van der Waals surface area contributed by atoms with E-state index in [2.05, 4.69) is 5.32 Å². The molecular formula is C12H21NO3. The van der Waals surface area contributed by atoms with Crippen molar-refractivity contribution < 1.29 is 14.3 Å². The number of esters is 1. The summed E-state index contributed by atoms with van der Waals surface area (Å²) in [5, 5.41) is 3.18. The molecule has 16 heavy (non-hydrogen) atoms. The number of ether oxygens (including phenoxy) is 1. The van der Waals surface area contributed by atoms with Crippen LogP contribution in [-0.2, 0) is 14.3 Å². The molecule has 4 nitrogen and oxygen atoms in total. The third-order valence-corrected chi connectivity index (χ3v) is 2.84. The summed E-state index contributed by atoms with van der Waals surface area (Å²) in [6, 6.07) is 0. The topological polar surface area (TPSA) is 55.4 Å². The fourth-order valence-electron chi connectivity index (χ4n) is 1.78. The maximum Gasteiger partial charge on any atom is 0.375 e. The first-order valence-corrected chi connectivity index (χ1v) is 5.73. The van der Waals surface area contributed by atoms with Crippen molar-refractivity contribution in [2.45, 2.75) is 46.1 Å². The summed E-state index contributed by atoms with van der Waals surface area (Å²) >= 11 is 0. The first-order chi connectivity index (χ1) is 7.25. The van der Waals surface area contributed by atoms with Gasteiger partial charge in [-0.05, 0) is 46.7 Å².